The number of carboxylic acid groups (broad SMARTS) is 1. The van der Waals surface area contributed by atoms with Crippen LogP contribution in [0, 0.1) is 11.8 Å². The number of rotatable bonds is 5. The lowest BCUT2D eigenvalue weighted by atomic mass is 10.2. The minimum atomic E-state index is -1.05. The van der Waals surface area contributed by atoms with Crippen molar-refractivity contribution in [2.45, 2.75) is 0 Å². The van der Waals surface area contributed by atoms with Gasteiger partial charge >= 0.3 is 5.97 Å². The molecule has 138 valence electrons. The van der Waals surface area contributed by atoms with Crippen LogP contribution in [0.2, 0.25) is 0 Å². The fraction of sp³-hybridized carbons (Fsp3) is 0.0435. The van der Waals surface area contributed by atoms with Crippen LogP contribution in [0.1, 0.15) is 21.5 Å². The number of ether oxygens (including phenoxy) is 1. The van der Waals surface area contributed by atoms with Crippen LogP contribution in [0.25, 0.3) is 0 Å². The molecule has 0 atom stereocenters. The number of hydrogen-bond donors (Lipinski definition) is 2. The molecule has 0 aliphatic carbocycles. The van der Waals surface area contributed by atoms with E-state index in [1.165, 1.54) is 12.1 Å². The first-order chi connectivity index (χ1) is 13.6. The SMILES string of the molecule is O=C(COc1ccc(C#Cc2ccccc2)cc1)Nc1cccc(C(=O)O)c1. The lowest BCUT2D eigenvalue weighted by molar-refractivity contribution is -0.118. The highest BCUT2D eigenvalue weighted by atomic mass is 16.5. The molecule has 28 heavy (non-hydrogen) atoms. The molecule has 5 heteroatoms. The smallest absolute Gasteiger partial charge is 0.335 e. The molecule has 0 saturated carbocycles. The maximum absolute atomic E-state index is 12.0. The van der Waals surface area contributed by atoms with Gasteiger partial charge in [-0.2, -0.15) is 0 Å². The monoisotopic (exact) mass is 371 g/mol. The quantitative estimate of drug-likeness (QED) is 0.669. The van der Waals surface area contributed by atoms with Crippen LogP contribution < -0.4 is 10.1 Å². The molecule has 3 aromatic rings. The minimum absolute atomic E-state index is 0.103. The van der Waals surface area contributed by atoms with Crippen LogP contribution in [0.5, 0.6) is 5.75 Å². The highest BCUT2D eigenvalue weighted by molar-refractivity contribution is 5.94. The van der Waals surface area contributed by atoms with Crippen molar-refractivity contribution < 1.29 is 19.4 Å². The molecule has 0 spiro atoms. The molecule has 0 saturated heterocycles. The molecule has 2 N–H and O–H groups in total. The summed E-state index contributed by atoms with van der Waals surface area (Å²) in [6.07, 6.45) is 0. The molecule has 0 fully saturated rings. The van der Waals surface area contributed by atoms with Gasteiger partial charge in [-0.15, -0.1) is 0 Å². The van der Waals surface area contributed by atoms with Crippen molar-refractivity contribution in [3.05, 3.63) is 95.6 Å². The number of nitrogens with one attached hydrogen (secondary N) is 1. The van der Waals surface area contributed by atoms with Gasteiger partial charge in [0, 0.05) is 16.8 Å². The van der Waals surface area contributed by atoms with Crippen LogP contribution in [-0.4, -0.2) is 23.6 Å². The van der Waals surface area contributed by atoms with E-state index in [0.29, 0.717) is 11.4 Å². The normalized spacial score (nSPS) is 9.71. The highest BCUT2D eigenvalue weighted by Gasteiger charge is 2.07. The molecule has 0 bridgehead atoms. The van der Waals surface area contributed by atoms with Crippen LogP contribution in [0.3, 0.4) is 0 Å². The molecule has 0 aliphatic heterocycles. The molecular formula is C23H17NO4. The number of carboxylic acids is 1. The van der Waals surface area contributed by atoms with Gasteiger partial charge in [0.15, 0.2) is 6.61 Å². The van der Waals surface area contributed by atoms with Crippen LogP contribution in [0.15, 0.2) is 78.9 Å². The summed E-state index contributed by atoms with van der Waals surface area (Å²) in [4.78, 5) is 22.9. The summed E-state index contributed by atoms with van der Waals surface area (Å²) >= 11 is 0. The number of amides is 1. The third-order valence-electron chi connectivity index (χ3n) is 3.74. The van der Waals surface area contributed by atoms with Gasteiger partial charge in [0.1, 0.15) is 5.75 Å². The van der Waals surface area contributed by atoms with E-state index in [9.17, 15) is 9.59 Å². The van der Waals surface area contributed by atoms with Gasteiger partial charge in [-0.05, 0) is 54.6 Å². The Labute approximate surface area is 162 Å². The van der Waals surface area contributed by atoms with E-state index >= 15 is 0 Å². The van der Waals surface area contributed by atoms with E-state index in [-0.39, 0.29) is 18.1 Å². The number of carbonyl (C=O) groups excluding carboxylic acids is 1. The van der Waals surface area contributed by atoms with Crippen molar-refractivity contribution in [3.8, 4) is 17.6 Å². The average Bonchev–Trinajstić information content (AvgIpc) is 2.72. The van der Waals surface area contributed by atoms with Gasteiger partial charge in [0.25, 0.3) is 5.91 Å². The first-order valence-corrected chi connectivity index (χ1v) is 8.53. The maximum Gasteiger partial charge on any atom is 0.335 e. The molecule has 0 aromatic heterocycles. The van der Waals surface area contributed by atoms with Gasteiger partial charge in [-0.3, -0.25) is 4.79 Å². The number of hydrogen-bond acceptors (Lipinski definition) is 3. The largest absolute Gasteiger partial charge is 0.484 e. The first kappa shape index (κ1) is 18.7. The van der Waals surface area contributed by atoms with Gasteiger partial charge in [0.05, 0.1) is 5.56 Å². The molecule has 3 rings (SSSR count). The Kier molecular flexibility index (Phi) is 6.06. The number of anilines is 1. The van der Waals surface area contributed by atoms with E-state index in [1.807, 2.05) is 42.5 Å². The van der Waals surface area contributed by atoms with E-state index in [0.717, 1.165) is 11.1 Å². The van der Waals surface area contributed by atoms with Crippen molar-refractivity contribution in [2.75, 3.05) is 11.9 Å². The molecule has 0 unspecified atom stereocenters. The van der Waals surface area contributed by atoms with E-state index in [2.05, 4.69) is 17.2 Å². The molecule has 1 amide bonds. The van der Waals surface area contributed by atoms with Gasteiger partial charge in [0.2, 0.25) is 0 Å². The van der Waals surface area contributed by atoms with Gasteiger partial charge < -0.3 is 15.2 Å². The topological polar surface area (TPSA) is 75.6 Å². The standard InChI is InChI=1S/C23H17NO4/c25-22(24-20-8-4-7-19(15-20)23(26)27)16-28-21-13-11-18(12-14-21)10-9-17-5-2-1-3-6-17/h1-8,11-15H,16H2,(H,24,25)(H,26,27). The van der Waals surface area contributed by atoms with Crippen LogP contribution >= 0.6 is 0 Å². The highest BCUT2D eigenvalue weighted by Crippen LogP contribution is 2.13. The Bertz CT molecular complexity index is 1030. The summed E-state index contributed by atoms with van der Waals surface area (Å²) in [5.41, 5.74) is 2.28. The van der Waals surface area contributed by atoms with Crippen molar-refractivity contribution in [1.29, 1.82) is 0 Å². The second-order valence-electron chi connectivity index (χ2n) is 5.86. The number of carbonyl (C=O) groups is 2. The first-order valence-electron chi connectivity index (χ1n) is 8.53. The number of benzene rings is 3. The Hall–Kier alpha value is -4.04. The molecule has 5 nitrogen and oxygen atoms in total. The summed E-state index contributed by atoms with van der Waals surface area (Å²) in [6.45, 7) is -0.188. The van der Waals surface area contributed by atoms with Crippen molar-refractivity contribution in [1.82, 2.24) is 0 Å². The summed E-state index contributed by atoms with van der Waals surface area (Å²) in [6, 6.07) is 22.8. The van der Waals surface area contributed by atoms with Crippen LogP contribution in [-0.2, 0) is 4.79 Å². The lowest BCUT2D eigenvalue weighted by Gasteiger charge is -2.08. The van der Waals surface area contributed by atoms with Crippen molar-refractivity contribution in [3.63, 3.8) is 0 Å². The summed E-state index contributed by atoms with van der Waals surface area (Å²) < 4.78 is 5.46. The third-order valence-corrected chi connectivity index (χ3v) is 3.74. The maximum atomic E-state index is 12.0. The second kappa shape index (κ2) is 9.06. The lowest BCUT2D eigenvalue weighted by Crippen LogP contribution is -2.20. The molecule has 3 aromatic carbocycles. The van der Waals surface area contributed by atoms with Crippen molar-refractivity contribution in [2.24, 2.45) is 0 Å². The number of aromatic carboxylic acids is 1. The second-order valence-corrected chi connectivity index (χ2v) is 5.86. The van der Waals surface area contributed by atoms with Crippen molar-refractivity contribution >= 4 is 17.6 Å². The predicted molar refractivity (Wildman–Crippen MR) is 106 cm³/mol. The van der Waals surface area contributed by atoms with Gasteiger partial charge in [-0.1, -0.05) is 36.1 Å². The summed E-state index contributed by atoms with van der Waals surface area (Å²) in [5.74, 6) is 5.25. The van der Waals surface area contributed by atoms with Crippen LogP contribution in [0.4, 0.5) is 5.69 Å². The summed E-state index contributed by atoms with van der Waals surface area (Å²) in [7, 11) is 0. The van der Waals surface area contributed by atoms with E-state index in [4.69, 9.17) is 9.84 Å². The average molecular weight is 371 g/mol. The Morgan fingerprint density at radius 1 is 0.857 bits per heavy atom. The van der Waals surface area contributed by atoms with E-state index < -0.39 is 5.97 Å². The van der Waals surface area contributed by atoms with E-state index in [1.54, 1.807) is 24.3 Å². The zero-order valence-electron chi connectivity index (χ0n) is 14.9. The predicted octanol–water partition coefficient (Wildman–Crippen LogP) is 3.80. The molecule has 0 aliphatic rings. The Balaban J connectivity index is 1.53. The fourth-order valence-corrected chi connectivity index (χ4v) is 2.38. The van der Waals surface area contributed by atoms with Gasteiger partial charge in [-0.25, -0.2) is 4.79 Å². The fourth-order valence-electron chi connectivity index (χ4n) is 2.38. The molecule has 0 radical (unpaired) electrons. The Morgan fingerprint density at radius 2 is 1.54 bits per heavy atom. The Morgan fingerprint density at radius 3 is 2.21 bits per heavy atom. The third kappa shape index (κ3) is 5.48. The zero-order chi connectivity index (χ0) is 19.8. The molecule has 0 heterocycles. The summed E-state index contributed by atoms with van der Waals surface area (Å²) in [5, 5.41) is 11.6. The zero-order valence-corrected chi connectivity index (χ0v) is 14.9. The minimum Gasteiger partial charge on any atom is -0.484 e. The molecular weight excluding hydrogens is 354 g/mol.